The Hall–Kier alpha value is -0.970. The molecular formula is C11H9Cl2NO2S. The van der Waals surface area contributed by atoms with Crippen molar-refractivity contribution >= 4 is 40.4 Å². The van der Waals surface area contributed by atoms with Crippen LogP contribution in [-0.4, -0.2) is 12.5 Å². The van der Waals surface area contributed by atoms with E-state index < -0.39 is 0 Å². The van der Waals surface area contributed by atoms with E-state index in [1.165, 1.54) is 17.4 Å². The van der Waals surface area contributed by atoms with Crippen molar-refractivity contribution in [2.24, 2.45) is 0 Å². The molecule has 0 radical (unpaired) electrons. The number of carbonyl (C=O) groups is 1. The summed E-state index contributed by atoms with van der Waals surface area (Å²) < 4.78 is 5.74. The average Bonchev–Trinajstić information content (AvgIpc) is 2.88. The molecule has 0 aliphatic rings. The first kappa shape index (κ1) is 12.5. The molecule has 2 heterocycles. The summed E-state index contributed by atoms with van der Waals surface area (Å²) in [5.41, 5.74) is 0. The first-order valence-electron chi connectivity index (χ1n) is 4.93. The molecule has 0 atom stereocenters. The second-order valence-corrected chi connectivity index (χ2v) is 5.49. The Morgan fingerprint density at radius 3 is 2.71 bits per heavy atom. The minimum Gasteiger partial charge on any atom is -0.440 e. The Morgan fingerprint density at radius 2 is 2.12 bits per heavy atom. The largest absolute Gasteiger partial charge is 0.440 e. The number of rotatable bonds is 4. The summed E-state index contributed by atoms with van der Waals surface area (Å²) >= 11 is 12.9. The molecule has 0 aliphatic carbocycles. The van der Waals surface area contributed by atoms with Gasteiger partial charge in [0.15, 0.2) is 11.0 Å². The predicted octanol–water partition coefficient (Wildman–Crippen LogP) is 3.62. The SMILES string of the molecule is O=C(NCCc1ccc(Cl)s1)c1ccc(Cl)o1. The van der Waals surface area contributed by atoms with Gasteiger partial charge in [-0.1, -0.05) is 11.6 Å². The van der Waals surface area contributed by atoms with E-state index in [1.807, 2.05) is 12.1 Å². The van der Waals surface area contributed by atoms with Gasteiger partial charge in [-0.15, -0.1) is 11.3 Å². The first-order chi connectivity index (χ1) is 8.15. The molecule has 0 fully saturated rings. The lowest BCUT2D eigenvalue weighted by atomic mass is 10.3. The number of thiophene rings is 1. The fourth-order valence-electron chi connectivity index (χ4n) is 1.31. The Bertz CT molecular complexity index is 521. The van der Waals surface area contributed by atoms with Crippen molar-refractivity contribution in [2.45, 2.75) is 6.42 Å². The molecule has 0 saturated heterocycles. The highest BCUT2D eigenvalue weighted by Gasteiger charge is 2.09. The van der Waals surface area contributed by atoms with Gasteiger partial charge in [0.2, 0.25) is 0 Å². The molecule has 17 heavy (non-hydrogen) atoms. The summed E-state index contributed by atoms with van der Waals surface area (Å²) in [6.45, 7) is 0.536. The number of carbonyl (C=O) groups excluding carboxylic acids is 1. The standard InChI is InChI=1S/C11H9Cl2NO2S/c12-9-3-2-8(16-9)11(15)14-6-5-7-1-4-10(13)17-7/h1-4H,5-6H2,(H,14,15). The third-order valence-corrected chi connectivity index (χ3v) is 3.58. The molecule has 3 nitrogen and oxygen atoms in total. The van der Waals surface area contributed by atoms with Crippen molar-refractivity contribution in [3.05, 3.63) is 44.5 Å². The monoisotopic (exact) mass is 289 g/mol. The normalized spacial score (nSPS) is 10.5. The molecule has 0 spiro atoms. The van der Waals surface area contributed by atoms with E-state index in [1.54, 1.807) is 6.07 Å². The van der Waals surface area contributed by atoms with Gasteiger partial charge in [-0.3, -0.25) is 4.79 Å². The summed E-state index contributed by atoms with van der Waals surface area (Å²) in [5, 5.41) is 2.95. The van der Waals surface area contributed by atoms with Crippen molar-refractivity contribution < 1.29 is 9.21 Å². The predicted molar refractivity (Wildman–Crippen MR) is 69.1 cm³/mol. The average molecular weight is 290 g/mol. The lowest BCUT2D eigenvalue weighted by Gasteiger charge is -2.01. The van der Waals surface area contributed by atoms with Gasteiger partial charge in [-0.25, -0.2) is 0 Å². The van der Waals surface area contributed by atoms with Crippen LogP contribution in [0.25, 0.3) is 0 Å². The van der Waals surface area contributed by atoms with E-state index in [-0.39, 0.29) is 16.9 Å². The molecule has 0 unspecified atom stereocenters. The van der Waals surface area contributed by atoms with Gasteiger partial charge in [-0.2, -0.15) is 0 Å². The molecule has 2 aromatic heterocycles. The second kappa shape index (κ2) is 5.58. The topological polar surface area (TPSA) is 42.2 Å². The quantitative estimate of drug-likeness (QED) is 0.934. The van der Waals surface area contributed by atoms with Gasteiger partial charge in [-0.05, 0) is 42.3 Å². The van der Waals surface area contributed by atoms with Gasteiger partial charge < -0.3 is 9.73 Å². The Morgan fingerprint density at radius 1 is 1.29 bits per heavy atom. The van der Waals surface area contributed by atoms with E-state index >= 15 is 0 Å². The molecule has 1 amide bonds. The van der Waals surface area contributed by atoms with E-state index in [0.717, 1.165) is 15.6 Å². The van der Waals surface area contributed by atoms with Crippen LogP contribution in [0.1, 0.15) is 15.4 Å². The van der Waals surface area contributed by atoms with Crippen LogP contribution in [0.3, 0.4) is 0 Å². The highest BCUT2D eigenvalue weighted by atomic mass is 35.5. The molecule has 0 saturated carbocycles. The van der Waals surface area contributed by atoms with Crippen LogP contribution in [-0.2, 0) is 6.42 Å². The highest BCUT2D eigenvalue weighted by molar-refractivity contribution is 7.16. The van der Waals surface area contributed by atoms with Crippen molar-refractivity contribution in [3.8, 4) is 0 Å². The van der Waals surface area contributed by atoms with Crippen molar-refractivity contribution in [2.75, 3.05) is 6.54 Å². The molecule has 90 valence electrons. The van der Waals surface area contributed by atoms with Crippen molar-refractivity contribution in [1.82, 2.24) is 5.32 Å². The molecule has 1 N–H and O–H groups in total. The van der Waals surface area contributed by atoms with E-state index in [0.29, 0.717) is 6.54 Å². The Balaban J connectivity index is 1.81. The molecule has 0 aromatic carbocycles. The second-order valence-electron chi connectivity index (χ2n) is 3.32. The number of furan rings is 1. The smallest absolute Gasteiger partial charge is 0.287 e. The van der Waals surface area contributed by atoms with Crippen LogP contribution in [0.2, 0.25) is 9.56 Å². The fraction of sp³-hybridized carbons (Fsp3) is 0.182. The number of hydrogen-bond donors (Lipinski definition) is 1. The zero-order valence-corrected chi connectivity index (χ0v) is 11.0. The third kappa shape index (κ3) is 3.49. The van der Waals surface area contributed by atoms with Crippen molar-refractivity contribution in [1.29, 1.82) is 0 Å². The number of amides is 1. The van der Waals surface area contributed by atoms with Crippen LogP contribution in [0, 0.1) is 0 Å². The third-order valence-electron chi connectivity index (χ3n) is 2.08. The minimum absolute atomic E-state index is 0.209. The summed E-state index contributed by atoms with van der Waals surface area (Å²) in [6.07, 6.45) is 0.748. The Labute approximate surface area is 112 Å². The molecule has 6 heteroatoms. The van der Waals surface area contributed by atoms with Crippen LogP contribution in [0.5, 0.6) is 0 Å². The van der Waals surface area contributed by atoms with Gasteiger partial charge in [0.05, 0.1) is 4.34 Å². The van der Waals surface area contributed by atoms with Gasteiger partial charge in [0.25, 0.3) is 5.91 Å². The van der Waals surface area contributed by atoms with E-state index in [9.17, 15) is 4.79 Å². The number of halogens is 2. The highest BCUT2D eigenvalue weighted by Crippen LogP contribution is 2.21. The summed E-state index contributed by atoms with van der Waals surface area (Å²) in [5.74, 6) is -0.0428. The fourth-order valence-corrected chi connectivity index (χ4v) is 2.54. The van der Waals surface area contributed by atoms with Gasteiger partial charge in [0.1, 0.15) is 0 Å². The lowest BCUT2D eigenvalue weighted by molar-refractivity contribution is 0.0926. The maximum atomic E-state index is 11.6. The number of hydrogen-bond acceptors (Lipinski definition) is 3. The van der Waals surface area contributed by atoms with E-state index in [4.69, 9.17) is 27.6 Å². The molecule has 2 aromatic rings. The molecule has 0 aliphatic heterocycles. The maximum absolute atomic E-state index is 11.6. The van der Waals surface area contributed by atoms with Crippen LogP contribution < -0.4 is 5.32 Å². The summed E-state index contributed by atoms with van der Waals surface area (Å²) in [4.78, 5) is 12.7. The zero-order valence-electron chi connectivity index (χ0n) is 8.70. The van der Waals surface area contributed by atoms with Crippen LogP contribution in [0.15, 0.2) is 28.7 Å². The zero-order chi connectivity index (χ0) is 12.3. The van der Waals surface area contributed by atoms with Gasteiger partial charge in [0, 0.05) is 11.4 Å². The Kier molecular flexibility index (Phi) is 4.10. The van der Waals surface area contributed by atoms with Gasteiger partial charge >= 0.3 is 0 Å². The molecule has 2 rings (SSSR count). The molecular weight excluding hydrogens is 281 g/mol. The first-order valence-corrected chi connectivity index (χ1v) is 6.50. The summed E-state index contributed by atoms with van der Waals surface area (Å²) in [7, 11) is 0. The van der Waals surface area contributed by atoms with Crippen molar-refractivity contribution in [3.63, 3.8) is 0 Å². The maximum Gasteiger partial charge on any atom is 0.287 e. The van der Waals surface area contributed by atoms with Crippen LogP contribution >= 0.6 is 34.5 Å². The van der Waals surface area contributed by atoms with Crippen LogP contribution in [0.4, 0.5) is 0 Å². The minimum atomic E-state index is -0.264. The lowest BCUT2D eigenvalue weighted by Crippen LogP contribution is -2.24. The molecule has 0 bridgehead atoms. The number of nitrogens with one attached hydrogen (secondary N) is 1. The summed E-state index contributed by atoms with van der Waals surface area (Å²) in [6, 6.07) is 6.87. The van der Waals surface area contributed by atoms with E-state index in [2.05, 4.69) is 5.32 Å².